The molecule has 1 aliphatic carbocycles. The Morgan fingerprint density at radius 2 is 1.80 bits per heavy atom. The lowest BCUT2D eigenvalue weighted by molar-refractivity contribution is -0.192. The van der Waals surface area contributed by atoms with Crippen molar-refractivity contribution >= 4 is 11.9 Å². The fourth-order valence-electron chi connectivity index (χ4n) is 3.85. The van der Waals surface area contributed by atoms with Gasteiger partial charge in [-0.3, -0.25) is 9.69 Å². The predicted molar refractivity (Wildman–Crippen MR) is 97.9 cm³/mol. The molecule has 3 aliphatic rings. The molecule has 166 valence electrons. The van der Waals surface area contributed by atoms with Crippen molar-refractivity contribution in [1.29, 1.82) is 0 Å². The number of benzene rings is 1. The quantitative estimate of drug-likeness (QED) is 0.716. The van der Waals surface area contributed by atoms with E-state index in [-0.39, 0.29) is 29.9 Å². The SMILES string of the molecule is O=C(NC1CCC1)[C@H]1C[C@@H]2CN(Cc3ccc(F)cc3)C[C@H]1O2.O=C(O)C(F)(F)F. The number of aliphatic carboxylic acids is 1. The number of amides is 1. The second-order valence-electron chi connectivity index (χ2n) is 7.90. The first kappa shape index (κ1) is 22.5. The Balaban J connectivity index is 0.000000318. The number of nitrogens with one attached hydrogen (secondary N) is 1. The molecule has 0 spiro atoms. The third-order valence-electron chi connectivity index (χ3n) is 5.58. The Morgan fingerprint density at radius 3 is 2.33 bits per heavy atom. The zero-order valence-electron chi connectivity index (χ0n) is 16.2. The summed E-state index contributed by atoms with van der Waals surface area (Å²) in [5.74, 6) is -2.80. The summed E-state index contributed by atoms with van der Waals surface area (Å²) in [5, 5.41) is 10.3. The normalized spacial score (nSPS) is 26.3. The van der Waals surface area contributed by atoms with E-state index in [4.69, 9.17) is 14.6 Å². The van der Waals surface area contributed by atoms with E-state index in [1.54, 1.807) is 0 Å². The van der Waals surface area contributed by atoms with Gasteiger partial charge in [-0.15, -0.1) is 0 Å². The van der Waals surface area contributed by atoms with E-state index in [1.165, 1.54) is 18.6 Å². The van der Waals surface area contributed by atoms with Crippen LogP contribution in [-0.2, 0) is 20.9 Å². The van der Waals surface area contributed by atoms with Gasteiger partial charge in [-0.25, -0.2) is 9.18 Å². The predicted octanol–water partition coefficient (Wildman–Crippen LogP) is 2.72. The maximum atomic E-state index is 13.0. The highest BCUT2D eigenvalue weighted by Gasteiger charge is 2.45. The summed E-state index contributed by atoms with van der Waals surface area (Å²) in [6, 6.07) is 7.04. The van der Waals surface area contributed by atoms with Crippen molar-refractivity contribution in [3.63, 3.8) is 0 Å². The van der Waals surface area contributed by atoms with Crippen molar-refractivity contribution in [2.45, 2.75) is 56.7 Å². The number of carbonyl (C=O) groups is 2. The molecule has 2 saturated heterocycles. The largest absolute Gasteiger partial charge is 0.490 e. The number of fused-ring (bicyclic) bond motifs is 2. The van der Waals surface area contributed by atoms with Gasteiger partial charge in [0.1, 0.15) is 5.82 Å². The Labute approximate surface area is 171 Å². The van der Waals surface area contributed by atoms with E-state index >= 15 is 0 Å². The lowest BCUT2D eigenvalue weighted by Crippen LogP contribution is -2.47. The Hall–Kier alpha value is -2.20. The minimum Gasteiger partial charge on any atom is -0.475 e. The van der Waals surface area contributed by atoms with E-state index < -0.39 is 12.1 Å². The molecule has 1 saturated carbocycles. The van der Waals surface area contributed by atoms with Gasteiger partial charge >= 0.3 is 12.1 Å². The fraction of sp³-hybridized carbons (Fsp3) is 0.600. The molecular weight excluding hydrogens is 408 g/mol. The van der Waals surface area contributed by atoms with Gasteiger partial charge in [0.05, 0.1) is 18.1 Å². The summed E-state index contributed by atoms with van der Waals surface area (Å²) >= 11 is 0. The number of rotatable bonds is 4. The zero-order chi connectivity index (χ0) is 21.9. The van der Waals surface area contributed by atoms with Gasteiger partial charge in [0, 0.05) is 25.7 Å². The van der Waals surface area contributed by atoms with Crippen molar-refractivity contribution < 1.29 is 37.0 Å². The summed E-state index contributed by atoms with van der Waals surface area (Å²) in [4.78, 5) is 23.7. The maximum Gasteiger partial charge on any atom is 0.490 e. The second kappa shape index (κ2) is 9.30. The number of hydrogen-bond acceptors (Lipinski definition) is 4. The molecule has 0 radical (unpaired) electrons. The van der Waals surface area contributed by atoms with E-state index in [0.717, 1.165) is 44.5 Å². The molecule has 1 aromatic rings. The summed E-state index contributed by atoms with van der Waals surface area (Å²) in [5.41, 5.74) is 1.10. The third-order valence-corrected chi connectivity index (χ3v) is 5.58. The molecule has 3 atom stereocenters. The number of halogens is 4. The molecule has 10 heteroatoms. The Morgan fingerprint density at radius 1 is 1.17 bits per heavy atom. The maximum absolute atomic E-state index is 13.0. The summed E-state index contributed by atoms with van der Waals surface area (Å²) < 4.78 is 50.7. The second-order valence-corrected chi connectivity index (χ2v) is 7.90. The highest BCUT2D eigenvalue weighted by molar-refractivity contribution is 5.80. The van der Waals surface area contributed by atoms with Crippen LogP contribution in [-0.4, -0.2) is 59.4 Å². The van der Waals surface area contributed by atoms with Crippen molar-refractivity contribution in [2.24, 2.45) is 5.92 Å². The van der Waals surface area contributed by atoms with Gasteiger partial charge in [-0.2, -0.15) is 13.2 Å². The molecule has 2 N–H and O–H groups in total. The Kier molecular flexibility index (Phi) is 6.97. The van der Waals surface area contributed by atoms with Gasteiger partial charge in [0.2, 0.25) is 5.91 Å². The smallest absolute Gasteiger partial charge is 0.475 e. The third kappa shape index (κ3) is 5.91. The molecular formula is C20H24F4N2O4. The van der Waals surface area contributed by atoms with E-state index in [2.05, 4.69) is 10.2 Å². The van der Waals surface area contributed by atoms with Crippen molar-refractivity contribution in [1.82, 2.24) is 10.2 Å². The van der Waals surface area contributed by atoms with Crippen LogP contribution in [0.3, 0.4) is 0 Å². The van der Waals surface area contributed by atoms with Crippen LogP contribution < -0.4 is 5.32 Å². The number of nitrogens with zero attached hydrogens (tertiary/aromatic N) is 1. The monoisotopic (exact) mass is 432 g/mol. The van der Waals surface area contributed by atoms with Crippen LogP contribution in [0.4, 0.5) is 17.6 Å². The van der Waals surface area contributed by atoms with Gasteiger partial charge in [-0.1, -0.05) is 12.1 Å². The van der Waals surface area contributed by atoms with E-state index in [9.17, 15) is 22.4 Å². The lowest BCUT2D eigenvalue weighted by Gasteiger charge is -2.33. The lowest BCUT2D eigenvalue weighted by atomic mass is 9.91. The van der Waals surface area contributed by atoms with E-state index in [1.807, 2.05) is 12.1 Å². The van der Waals surface area contributed by atoms with Crippen molar-refractivity contribution in [3.8, 4) is 0 Å². The van der Waals surface area contributed by atoms with Crippen LogP contribution in [0.1, 0.15) is 31.2 Å². The zero-order valence-corrected chi connectivity index (χ0v) is 16.2. The Bertz CT molecular complexity index is 752. The van der Waals surface area contributed by atoms with Crippen molar-refractivity contribution in [2.75, 3.05) is 13.1 Å². The summed E-state index contributed by atoms with van der Waals surface area (Å²) in [6.45, 7) is 2.41. The molecule has 6 nitrogen and oxygen atoms in total. The van der Waals surface area contributed by atoms with Crippen LogP contribution in [0.25, 0.3) is 0 Å². The number of carboxylic acids is 1. The molecule has 1 aromatic carbocycles. The number of carboxylic acid groups (broad SMARTS) is 1. The van der Waals surface area contributed by atoms with Crippen molar-refractivity contribution in [3.05, 3.63) is 35.6 Å². The molecule has 1 amide bonds. The highest BCUT2D eigenvalue weighted by Crippen LogP contribution is 2.33. The number of likely N-dealkylation sites (tertiary alicyclic amines) is 1. The molecule has 30 heavy (non-hydrogen) atoms. The molecule has 4 rings (SSSR count). The summed E-state index contributed by atoms with van der Waals surface area (Å²) in [7, 11) is 0. The minimum atomic E-state index is -5.08. The number of alkyl halides is 3. The van der Waals surface area contributed by atoms with Gasteiger partial charge in [0.15, 0.2) is 0 Å². The molecule has 2 aliphatic heterocycles. The van der Waals surface area contributed by atoms with Crippen LogP contribution >= 0.6 is 0 Å². The van der Waals surface area contributed by atoms with E-state index in [0.29, 0.717) is 6.04 Å². The highest BCUT2D eigenvalue weighted by atomic mass is 19.4. The van der Waals surface area contributed by atoms with Crippen LogP contribution in [0, 0.1) is 11.7 Å². The number of ether oxygens (including phenoxy) is 1. The topological polar surface area (TPSA) is 78.9 Å². The summed E-state index contributed by atoms with van der Waals surface area (Å²) in [6.07, 6.45) is -0.665. The number of morpholine rings is 1. The molecule has 2 heterocycles. The van der Waals surface area contributed by atoms with Gasteiger partial charge in [-0.05, 0) is 43.4 Å². The van der Waals surface area contributed by atoms with Crippen LogP contribution in [0.2, 0.25) is 0 Å². The first-order chi connectivity index (χ1) is 14.1. The standard InChI is InChI=1S/C18H23FN2O2.C2HF3O2/c19-13-6-4-12(5-7-13)9-21-10-15-8-16(17(11-21)23-15)18(22)20-14-2-1-3-14;3-2(4,5)1(6)7/h4-7,14-17H,1-3,8-11H2,(H,20,22);(H,6,7)/t15-,16+,17-;/m1./s1. The molecule has 3 fully saturated rings. The molecule has 0 unspecified atom stereocenters. The van der Waals surface area contributed by atoms with Gasteiger partial charge in [0.25, 0.3) is 0 Å². The van der Waals surface area contributed by atoms with Crippen LogP contribution in [0.15, 0.2) is 24.3 Å². The fourth-order valence-corrected chi connectivity index (χ4v) is 3.85. The molecule has 0 aromatic heterocycles. The molecule has 2 bridgehead atoms. The minimum absolute atomic E-state index is 0.00530. The van der Waals surface area contributed by atoms with Crippen LogP contribution in [0.5, 0.6) is 0 Å². The van der Waals surface area contributed by atoms with Gasteiger partial charge < -0.3 is 15.2 Å². The average molecular weight is 432 g/mol. The first-order valence-electron chi connectivity index (χ1n) is 9.84. The first-order valence-corrected chi connectivity index (χ1v) is 9.84. The number of hydrogen-bond donors (Lipinski definition) is 2. The number of carbonyl (C=O) groups excluding carboxylic acids is 1. The average Bonchev–Trinajstić information content (AvgIpc) is 2.94.